The van der Waals surface area contributed by atoms with Crippen LogP contribution in [-0.2, 0) is 9.59 Å². The summed E-state index contributed by atoms with van der Waals surface area (Å²) in [6.45, 7) is -0.224. The standard InChI is InChI=1S/C18H20N2O5/c21-15(22)8-9-20-17(24)13-7-6-12(10-14(13)18(20)25)19-16(23)11-4-2-1-3-5-11/h6-7,10-11H,1-5,8-9H2,(H,19,23)(H,21,22)/p-1. The number of anilines is 1. The summed E-state index contributed by atoms with van der Waals surface area (Å²) in [5, 5.41) is 13.4. The first-order valence-corrected chi connectivity index (χ1v) is 8.48. The van der Waals surface area contributed by atoms with Crippen LogP contribution in [-0.4, -0.2) is 35.1 Å². The van der Waals surface area contributed by atoms with Gasteiger partial charge >= 0.3 is 0 Å². The highest BCUT2D eigenvalue weighted by Gasteiger charge is 2.35. The Kier molecular flexibility index (Phi) is 4.83. The summed E-state index contributed by atoms with van der Waals surface area (Å²) in [5.41, 5.74) is 0.876. The molecule has 1 aromatic carbocycles. The number of benzene rings is 1. The first-order valence-electron chi connectivity index (χ1n) is 8.48. The maximum atomic E-state index is 12.3. The fraction of sp³-hybridized carbons (Fsp3) is 0.444. The van der Waals surface area contributed by atoms with Crippen LogP contribution < -0.4 is 10.4 Å². The molecule has 0 bridgehead atoms. The van der Waals surface area contributed by atoms with Crippen molar-refractivity contribution in [2.24, 2.45) is 5.92 Å². The molecule has 1 aliphatic heterocycles. The quantitative estimate of drug-likeness (QED) is 0.801. The van der Waals surface area contributed by atoms with Crippen LogP contribution in [0, 0.1) is 5.92 Å². The average molecular weight is 343 g/mol. The van der Waals surface area contributed by atoms with Gasteiger partial charge in [-0.25, -0.2) is 0 Å². The number of nitrogens with one attached hydrogen (secondary N) is 1. The van der Waals surface area contributed by atoms with Crippen LogP contribution in [0.4, 0.5) is 5.69 Å². The first-order chi connectivity index (χ1) is 12.0. The summed E-state index contributed by atoms with van der Waals surface area (Å²) in [5.74, 6) is -2.47. The van der Waals surface area contributed by atoms with E-state index in [2.05, 4.69) is 5.32 Å². The maximum Gasteiger partial charge on any atom is 0.261 e. The van der Waals surface area contributed by atoms with Gasteiger partial charge in [0.15, 0.2) is 0 Å². The fourth-order valence-corrected chi connectivity index (χ4v) is 3.38. The van der Waals surface area contributed by atoms with E-state index in [-0.39, 0.29) is 29.5 Å². The average Bonchev–Trinajstić information content (AvgIpc) is 2.84. The smallest absolute Gasteiger partial charge is 0.261 e. The number of carbonyl (C=O) groups excluding carboxylic acids is 4. The van der Waals surface area contributed by atoms with Crippen molar-refractivity contribution in [2.45, 2.75) is 38.5 Å². The molecule has 0 radical (unpaired) electrons. The lowest BCUT2D eigenvalue weighted by Gasteiger charge is -2.20. The van der Waals surface area contributed by atoms with Crippen molar-refractivity contribution in [3.63, 3.8) is 0 Å². The Morgan fingerprint density at radius 3 is 2.44 bits per heavy atom. The van der Waals surface area contributed by atoms with Crippen LogP contribution in [0.1, 0.15) is 59.2 Å². The Morgan fingerprint density at radius 2 is 1.76 bits per heavy atom. The molecule has 0 spiro atoms. The second kappa shape index (κ2) is 7.04. The minimum atomic E-state index is -1.32. The second-order valence-corrected chi connectivity index (χ2v) is 6.47. The van der Waals surface area contributed by atoms with E-state index < -0.39 is 24.2 Å². The second-order valence-electron chi connectivity index (χ2n) is 6.47. The molecule has 3 amide bonds. The molecular weight excluding hydrogens is 324 g/mol. The molecule has 0 unspecified atom stereocenters. The normalized spacial score (nSPS) is 17.5. The number of carboxylic acid groups (broad SMARTS) is 1. The summed E-state index contributed by atoms with van der Waals surface area (Å²) in [4.78, 5) is 48.3. The Labute approximate surface area is 145 Å². The molecule has 0 atom stereocenters. The van der Waals surface area contributed by atoms with Crippen molar-refractivity contribution in [3.8, 4) is 0 Å². The number of imide groups is 1. The van der Waals surface area contributed by atoms with Crippen molar-refractivity contribution < 1.29 is 24.3 Å². The molecule has 1 heterocycles. The van der Waals surface area contributed by atoms with E-state index in [9.17, 15) is 24.3 Å². The monoisotopic (exact) mass is 343 g/mol. The topological polar surface area (TPSA) is 107 Å². The van der Waals surface area contributed by atoms with Crippen molar-refractivity contribution in [2.75, 3.05) is 11.9 Å². The van der Waals surface area contributed by atoms with Gasteiger partial charge in [-0.2, -0.15) is 0 Å². The zero-order valence-corrected chi connectivity index (χ0v) is 13.7. The summed E-state index contributed by atoms with van der Waals surface area (Å²) >= 11 is 0. The van der Waals surface area contributed by atoms with Gasteiger partial charge in [0, 0.05) is 30.5 Å². The SMILES string of the molecule is O=C([O-])CCN1C(=O)c2ccc(NC(=O)C3CCCCC3)cc2C1=O. The highest BCUT2D eigenvalue weighted by Crippen LogP contribution is 2.28. The van der Waals surface area contributed by atoms with Crippen molar-refractivity contribution >= 4 is 29.4 Å². The third-order valence-corrected chi connectivity index (χ3v) is 4.75. The highest BCUT2D eigenvalue weighted by molar-refractivity contribution is 6.22. The number of carbonyl (C=O) groups is 4. The van der Waals surface area contributed by atoms with Gasteiger partial charge in [-0.1, -0.05) is 19.3 Å². The highest BCUT2D eigenvalue weighted by atomic mass is 16.4. The zero-order chi connectivity index (χ0) is 18.0. The van der Waals surface area contributed by atoms with Crippen molar-refractivity contribution in [3.05, 3.63) is 29.3 Å². The molecule has 1 fully saturated rings. The van der Waals surface area contributed by atoms with Gasteiger partial charge in [-0.3, -0.25) is 19.3 Å². The Morgan fingerprint density at radius 1 is 1.08 bits per heavy atom. The first kappa shape index (κ1) is 17.1. The van der Waals surface area contributed by atoms with Crippen LogP contribution >= 0.6 is 0 Å². The van der Waals surface area contributed by atoms with Crippen LogP contribution in [0.5, 0.6) is 0 Å². The van der Waals surface area contributed by atoms with Gasteiger partial charge in [0.25, 0.3) is 11.8 Å². The minimum absolute atomic E-state index is 0.0149. The fourth-order valence-electron chi connectivity index (χ4n) is 3.38. The van der Waals surface area contributed by atoms with Crippen LogP contribution in [0.15, 0.2) is 18.2 Å². The van der Waals surface area contributed by atoms with Gasteiger partial charge in [0.1, 0.15) is 0 Å². The van der Waals surface area contributed by atoms with E-state index in [1.54, 1.807) is 6.07 Å². The molecule has 0 saturated heterocycles. The molecule has 7 nitrogen and oxygen atoms in total. The van der Waals surface area contributed by atoms with Crippen LogP contribution in [0.25, 0.3) is 0 Å². The molecule has 2 aliphatic rings. The zero-order valence-electron chi connectivity index (χ0n) is 13.7. The van der Waals surface area contributed by atoms with Crippen molar-refractivity contribution in [1.29, 1.82) is 0 Å². The maximum absolute atomic E-state index is 12.3. The lowest BCUT2D eigenvalue weighted by Crippen LogP contribution is -2.34. The number of nitrogens with zero attached hydrogens (tertiary/aromatic N) is 1. The molecule has 1 aliphatic carbocycles. The Hall–Kier alpha value is -2.70. The number of amides is 3. The van der Waals surface area contributed by atoms with E-state index in [4.69, 9.17) is 0 Å². The van der Waals surface area contributed by atoms with Gasteiger partial charge in [0.2, 0.25) is 5.91 Å². The predicted molar refractivity (Wildman–Crippen MR) is 86.6 cm³/mol. The van der Waals surface area contributed by atoms with E-state index in [1.165, 1.54) is 12.1 Å². The summed E-state index contributed by atoms with van der Waals surface area (Å²) in [6.07, 6.45) is 4.57. The number of carboxylic acids is 1. The summed E-state index contributed by atoms with van der Waals surface area (Å²) in [7, 11) is 0. The molecular formula is C18H19N2O5-. The number of aliphatic carboxylic acids is 1. The Balaban J connectivity index is 1.73. The van der Waals surface area contributed by atoms with Crippen LogP contribution in [0.2, 0.25) is 0 Å². The number of hydrogen-bond donors (Lipinski definition) is 1. The molecule has 7 heteroatoms. The predicted octanol–water partition coefficient (Wildman–Crippen LogP) is 0.941. The molecule has 25 heavy (non-hydrogen) atoms. The minimum Gasteiger partial charge on any atom is -0.550 e. The lowest BCUT2D eigenvalue weighted by molar-refractivity contribution is -0.305. The van der Waals surface area contributed by atoms with Gasteiger partial charge in [0.05, 0.1) is 11.1 Å². The van der Waals surface area contributed by atoms with Crippen molar-refractivity contribution in [1.82, 2.24) is 4.90 Å². The van der Waals surface area contributed by atoms with Gasteiger partial charge < -0.3 is 15.2 Å². The largest absolute Gasteiger partial charge is 0.550 e. The number of hydrogen-bond acceptors (Lipinski definition) is 5. The molecule has 3 rings (SSSR count). The van der Waals surface area contributed by atoms with E-state index in [1.807, 2.05) is 0 Å². The summed E-state index contributed by atoms with van der Waals surface area (Å²) < 4.78 is 0. The third kappa shape index (κ3) is 3.55. The van der Waals surface area contributed by atoms with E-state index in [0.717, 1.165) is 37.0 Å². The molecule has 1 N–H and O–H groups in total. The van der Waals surface area contributed by atoms with E-state index in [0.29, 0.717) is 5.69 Å². The summed E-state index contributed by atoms with van der Waals surface area (Å²) in [6, 6.07) is 4.56. The molecule has 0 aromatic heterocycles. The molecule has 132 valence electrons. The number of fused-ring (bicyclic) bond motifs is 1. The van der Waals surface area contributed by atoms with Gasteiger partial charge in [-0.15, -0.1) is 0 Å². The Bertz CT molecular complexity index is 737. The van der Waals surface area contributed by atoms with E-state index >= 15 is 0 Å². The third-order valence-electron chi connectivity index (χ3n) is 4.75. The van der Waals surface area contributed by atoms with Crippen LogP contribution in [0.3, 0.4) is 0 Å². The van der Waals surface area contributed by atoms with Gasteiger partial charge in [-0.05, 0) is 31.0 Å². The molecule has 1 aromatic rings. The number of rotatable bonds is 5. The lowest BCUT2D eigenvalue weighted by atomic mass is 9.88. The molecule has 1 saturated carbocycles.